The summed E-state index contributed by atoms with van der Waals surface area (Å²) in [5, 5.41) is 0.650. The molecule has 0 saturated carbocycles. The zero-order valence-corrected chi connectivity index (χ0v) is 11.9. The van der Waals surface area contributed by atoms with Crippen molar-refractivity contribution in [2.75, 3.05) is 14.2 Å². The second kappa shape index (κ2) is 6.51. The first-order chi connectivity index (χ1) is 9.69. The molecule has 0 bridgehead atoms. The van der Waals surface area contributed by atoms with Crippen LogP contribution < -0.4 is 20.7 Å². The second-order valence-corrected chi connectivity index (χ2v) is 4.39. The molecule has 0 spiro atoms. The Morgan fingerprint density at radius 2 is 1.90 bits per heavy atom. The Labute approximate surface area is 121 Å². The number of nitrogens with two attached hydrogens (primary N) is 1. The number of hydrogen-bond donors (Lipinski definition) is 2. The summed E-state index contributed by atoms with van der Waals surface area (Å²) in [5.41, 5.74) is 4.17. The zero-order chi connectivity index (χ0) is 14.5. The number of nitrogens with zero attached hydrogens (tertiary/aromatic N) is 2. The SMILES string of the molecule is COc1cnc(C(NN)c2ccc(Cl)cc2)c(OC)n1. The summed E-state index contributed by atoms with van der Waals surface area (Å²) in [4.78, 5) is 8.50. The van der Waals surface area contributed by atoms with Gasteiger partial charge < -0.3 is 9.47 Å². The van der Waals surface area contributed by atoms with Crippen LogP contribution in [0.1, 0.15) is 17.3 Å². The topological polar surface area (TPSA) is 82.3 Å². The van der Waals surface area contributed by atoms with Gasteiger partial charge in [-0.2, -0.15) is 4.98 Å². The Morgan fingerprint density at radius 1 is 1.20 bits per heavy atom. The molecule has 6 nitrogen and oxygen atoms in total. The van der Waals surface area contributed by atoms with E-state index in [1.54, 1.807) is 12.1 Å². The molecule has 0 radical (unpaired) electrons. The van der Waals surface area contributed by atoms with Crippen molar-refractivity contribution >= 4 is 11.6 Å². The van der Waals surface area contributed by atoms with Crippen LogP contribution in [0.15, 0.2) is 30.5 Å². The summed E-state index contributed by atoms with van der Waals surface area (Å²) in [5.74, 6) is 6.35. The molecule has 2 rings (SSSR count). The molecule has 0 aliphatic rings. The molecule has 20 heavy (non-hydrogen) atoms. The number of hydrazine groups is 1. The smallest absolute Gasteiger partial charge is 0.240 e. The summed E-state index contributed by atoms with van der Waals surface area (Å²) < 4.78 is 10.3. The fraction of sp³-hybridized carbons (Fsp3) is 0.231. The number of nitrogens with one attached hydrogen (secondary N) is 1. The van der Waals surface area contributed by atoms with Crippen molar-refractivity contribution in [2.24, 2.45) is 5.84 Å². The van der Waals surface area contributed by atoms with Crippen molar-refractivity contribution in [2.45, 2.75) is 6.04 Å². The molecule has 0 fully saturated rings. The van der Waals surface area contributed by atoms with E-state index in [-0.39, 0.29) is 6.04 Å². The maximum Gasteiger partial charge on any atom is 0.240 e. The van der Waals surface area contributed by atoms with E-state index in [0.29, 0.717) is 22.5 Å². The van der Waals surface area contributed by atoms with Gasteiger partial charge in [0.15, 0.2) is 0 Å². The molecule has 2 aromatic rings. The number of hydrogen-bond acceptors (Lipinski definition) is 6. The van der Waals surface area contributed by atoms with Crippen molar-refractivity contribution in [3.05, 3.63) is 46.7 Å². The lowest BCUT2D eigenvalue weighted by Gasteiger charge is -2.18. The van der Waals surface area contributed by atoms with Gasteiger partial charge in [-0.25, -0.2) is 10.4 Å². The lowest BCUT2D eigenvalue weighted by Crippen LogP contribution is -2.30. The summed E-state index contributed by atoms with van der Waals surface area (Å²) in [6.45, 7) is 0. The fourth-order valence-corrected chi connectivity index (χ4v) is 1.93. The highest BCUT2D eigenvalue weighted by molar-refractivity contribution is 6.30. The maximum atomic E-state index is 5.88. The van der Waals surface area contributed by atoms with Gasteiger partial charge in [-0.1, -0.05) is 23.7 Å². The largest absolute Gasteiger partial charge is 0.480 e. The molecule has 3 N–H and O–H groups in total. The van der Waals surface area contributed by atoms with E-state index >= 15 is 0 Å². The molecule has 1 unspecified atom stereocenters. The molecular weight excluding hydrogens is 280 g/mol. The number of rotatable bonds is 5. The molecule has 1 aromatic carbocycles. The Morgan fingerprint density at radius 3 is 2.45 bits per heavy atom. The zero-order valence-electron chi connectivity index (χ0n) is 11.1. The minimum Gasteiger partial charge on any atom is -0.480 e. The van der Waals surface area contributed by atoms with Crippen LogP contribution in [-0.4, -0.2) is 24.2 Å². The summed E-state index contributed by atoms with van der Waals surface area (Å²) in [7, 11) is 3.03. The third kappa shape index (κ3) is 2.98. The van der Waals surface area contributed by atoms with Gasteiger partial charge in [0, 0.05) is 5.02 Å². The highest BCUT2D eigenvalue weighted by Gasteiger charge is 2.20. The molecule has 106 valence electrons. The van der Waals surface area contributed by atoms with Crippen LogP contribution in [-0.2, 0) is 0 Å². The molecule has 0 aliphatic carbocycles. The van der Waals surface area contributed by atoms with Crippen LogP contribution in [0.2, 0.25) is 5.02 Å². The lowest BCUT2D eigenvalue weighted by molar-refractivity contribution is 0.352. The minimum absolute atomic E-state index is 0.349. The van der Waals surface area contributed by atoms with Crippen LogP contribution in [0.4, 0.5) is 0 Å². The first-order valence-corrected chi connectivity index (χ1v) is 6.24. The van der Waals surface area contributed by atoms with E-state index in [1.165, 1.54) is 20.4 Å². The Balaban J connectivity index is 2.43. The van der Waals surface area contributed by atoms with Gasteiger partial charge in [0.05, 0.1) is 26.5 Å². The van der Waals surface area contributed by atoms with Gasteiger partial charge in [-0.05, 0) is 17.7 Å². The highest BCUT2D eigenvalue weighted by Crippen LogP contribution is 2.28. The van der Waals surface area contributed by atoms with E-state index in [0.717, 1.165) is 5.56 Å². The van der Waals surface area contributed by atoms with E-state index in [4.69, 9.17) is 26.9 Å². The van der Waals surface area contributed by atoms with Crippen molar-refractivity contribution in [1.82, 2.24) is 15.4 Å². The fourth-order valence-electron chi connectivity index (χ4n) is 1.80. The third-order valence-electron chi connectivity index (χ3n) is 2.79. The average molecular weight is 295 g/mol. The van der Waals surface area contributed by atoms with Gasteiger partial charge in [0.2, 0.25) is 11.8 Å². The molecule has 7 heteroatoms. The van der Waals surface area contributed by atoms with Crippen LogP contribution in [0.3, 0.4) is 0 Å². The van der Waals surface area contributed by atoms with Gasteiger partial charge in [0.1, 0.15) is 5.69 Å². The highest BCUT2D eigenvalue weighted by atomic mass is 35.5. The predicted molar refractivity (Wildman–Crippen MR) is 75.8 cm³/mol. The first-order valence-electron chi connectivity index (χ1n) is 5.86. The Kier molecular flexibility index (Phi) is 4.73. The lowest BCUT2D eigenvalue weighted by atomic mass is 10.0. The Hall–Kier alpha value is -1.89. The molecule has 0 saturated heterocycles. The maximum absolute atomic E-state index is 5.88. The Bertz CT molecular complexity index is 577. The number of halogens is 1. The van der Waals surface area contributed by atoms with Crippen LogP contribution in [0.25, 0.3) is 0 Å². The minimum atomic E-state index is -0.361. The number of benzene rings is 1. The first kappa shape index (κ1) is 14.5. The summed E-state index contributed by atoms with van der Waals surface area (Å²) in [6, 6.07) is 6.92. The standard InChI is InChI=1S/C13H15ClN4O2/c1-19-10-7-16-12(13(17-10)20-2)11(18-15)8-3-5-9(14)6-4-8/h3-7,11,18H,15H2,1-2H3. The van der Waals surface area contributed by atoms with Gasteiger partial charge in [0.25, 0.3) is 0 Å². The second-order valence-electron chi connectivity index (χ2n) is 3.96. The van der Waals surface area contributed by atoms with Crippen molar-refractivity contribution in [3.63, 3.8) is 0 Å². The van der Waals surface area contributed by atoms with Crippen LogP contribution in [0.5, 0.6) is 11.8 Å². The normalized spacial score (nSPS) is 12.0. The van der Waals surface area contributed by atoms with Crippen molar-refractivity contribution in [1.29, 1.82) is 0 Å². The third-order valence-corrected chi connectivity index (χ3v) is 3.04. The molecular formula is C13H15ClN4O2. The number of aromatic nitrogens is 2. The van der Waals surface area contributed by atoms with Crippen molar-refractivity contribution in [3.8, 4) is 11.8 Å². The monoisotopic (exact) mass is 294 g/mol. The molecule has 1 atom stereocenters. The molecule has 0 aliphatic heterocycles. The summed E-state index contributed by atoms with van der Waals surface area (Å²) in [6.07, 6.45) is 1.51. The van der Waals surface area contributed by atoms with Gasteiger partial charge >= 0.3 is 0 Å². The summed E-state index contributed by atoms with van der Waals surface area (Å²) >= 11 is 5.88. The van der Waals surface area contributed by atoms with Gasteiger partial charge in [-0.3, -0.25) is 5.84 Å². The van der Waals surface area contributed by atoms with E-state index in [9.17, 15) is 0 Å². The van der Waals surface area contributed by atoms with E-state index in [2.05, 4.69) is 15.4 Å². The molecule has 1 aromatic heterocycles. The molecule has 0 amide bonds. The van der Waals surface area contributed by atoms with Crippen molar-refractivity contribution < 1.29 is 9.47 Å². The number of methoxy groups -OCH3 is 2. The van der Waals surface area contributed by atoms with Crippen LogP contribution >= 0.6 is 11.6 Å². The van der Waals surface area contributed by atoms with Crippen LogP contribution in [0, 0.1) is 0 Å². The quantitative estimate of drug-likeness (QED) is 0.645. The number of ether oxygens (including phenoxy) is 2. The van der Waals surface area contributed by atoms with E-state index in [1.807, 2.05) is 12.1 Å². The average Bonchev–Trinajstić information content (AvgIpc) is 2.50. The molecule has 1 heterocycles. The predicted octanol–water partition coefficient (Wildman–Crippen LogP) is 1.70. The van der Waals surface area contributed by atoms with E-state index < -0.39 is 0 Å². The van der Waals surface area contributed by atoms with Gasteiger partial charge in [-0.15, -0.1) is 0 Å².